The van der Waals surface area contributed by atoms with Crippen LogP contribution in [-0.4, -0.2) is 25.8 Å². The highest BCUT2D eigenvalue weighted by Crippen LogP contribution is 2.36. The molecule has 156 valence electrons. The molecule has 11 heteroatoms. The summed E-state index contributed by atoms with van der Waals surface area (Å²) in [4.78, 5) is 23.6. The Kier molecular flexibility index (Phi) is 6.14. The smallest absolute Gasteiger partial charge is 0.298 e. The molecule has 0 saturated heterocycles. The van der Waals surface area contributed by atoms with Crippen LogP contribution in [0.2, 0.25) is 5.02 Å². The van der Waals surface area contributed by atoms with E-state index in [0.717, 1.165) is 10.6 Å². The molecule has 0 amide bonds. The van der Waals surface area contributed by atoms with E-state index in [2.05, 4.69) is 10.2 Å². The fourth-order valence-corrected chi connectivity index (χ4v) is 3.68. The Bertz CT molecular complexity index is 1130. The minimum Gasteiger partial charge on any atom is -0.493 e. The van der Waals surface area contributed by atoms with Gasteiger partial charge in [-0.2, -0.15) is 5.26 Å². The van der Waals surface area contributed by atoms with E-state index in [1.54, 1.807) is 0 Å². The maximum atomic E-state index is 13.1. The Morgan fingerprint density at radius 1 is 1.30 bits per heavy atom. The number of aliphatic hydroxyl groups excluding tert-OH is 1. The van der Waals surface area contributed by atoms with Gasteiger partial charge in [0, 0.05) is 22.7 Å². The zero-order valence-corrected chi connectivity index (χ0v) is 16.7. The molecule has 1 heterocycles. The fourth-order valence-electron chi connectivity index (χ4n) is 3.52. The molecule has 0 unspecified atom stereocenters. The molecule has 0 bridgehead atoms. The van der Waals surface area contributed by atoms with Crippen molar-refractivity contribution >= 4 is 28.7 Å². The molecule has 10 nitrogen and oxygen atoms in total. The lowest BCUT2D eigenvalue weighted by atomic mass is 9.92. The number of pyridine rings is 1. The first-order valence-corrected chi connectivity index (χ1v) is 9.54. The number of hydrogen-bond donors (Lipinski definition) is 2. The fraction of sp³-hybridized carbons (Fsp3) is 0.368. The molecule has 3 rings (SSSR count). The number of hydrogen-bond acceptors (Lipinski definition) is 8. The van der Waals surface area contributed by atoms with E-state index in [1.165, 1.54) is 19.1 Å². The number of aromatic nitrogens is 1. The van der Waals surface area contributed by atoms with E-state index in [0.29, 0.717) is 25.7 Å². The number of aliphatic hydroxyl groups is 1. The standard InChI is InChI=1S/C19H18ClN5O5/c1-10-14(9-21)18(27)24(12-3-5-13(26)6-4-12)19(28)17(10)23-22-15-7-2-11(20)8-16(15)25(29)30/h2,7-8,12-13,26-27H,3-6H2,1H3. The summed E-state index contributed by atoms with van der Waals surface area (Å²) in [6.07, 6.45) is 1.34. The second-order valence-corrected chi connectivity index (χ2v) is 7.45. The third-order valence-electron chi connectivity index (χ3n) is 5.14. The van der Waals surface area contributed by atoms with Crippen molar-refractivity contribution in [2.75, 3.05) is 0 Å². The van der Waals surface area contributed by atoms with Crippen LogP contribution in [0.15, 0.2) is 33.2 Å². The van der Waals surface area contributed by atoms with E-state index in [4.69, 9.17) is 11.6 Å². The average molecular weight is 432 g/mol. The van der Waals surface area contributed by atoms with Crippen molar-refractivity contribution in [3.05, 3.63) is 54.8 Å². The molecule has 1 aliphatic carbocycles. The molecule has 0 aliphatic heterocycles. The highest BCUT2D eigenvalue weighted by atomic mass is 35.5. The number of halogens is 1. The summed E-state index contributed by atoms with van der Waals surface area (Å²) in [6.45, 7) is 1.44. The molecule has 1 aliphatic rings. The van der Waals surface area contributed by atoms with Crippen molar-refractivity contribution in [3.8, 4) is 11.9 Å². The van der Waals surface area contributed by atoms with Gasteiger partial charge < -0.3 is 10.2 Å². The normalized spacial score (nSPS) is 19.0. The van der Waals surface area contributed by atoms with Gasteiger partial charge in [0.2, 0.25) is 5.88 Å². The lowest BCUT2D eigenvalue weighted by Crippen LogP contribution is -2.30. The Morgan fingerprint density at radius 2 is 1.97 bits per heavy atom. The number of nitro groups is 1. The summed E-state index contributed by atoms with van der Waals surface area (Å²) in [5, 5.41) is 48.8. The molecule has 30 heavy (non-hydrogen) atoms. The average Bonchev–Trinajstić information content (AvgIpc) is 2.70. The largest absolute Gasteiger partial charge is 0.493 e. The van der Waals surface area contributed by atoms with Crippen molar-refractivity contribution < 1.29 is 15.1 Å². The van der Waals surface area contributed by atoms with Gasteiger partial charge in [0.05, 0.1) is 11.0 Å². The molecule has 0 atom stereocenters. The number of nitro benzene ring substituents is 1. The zero-order chi connectivity index (χ0) is 22.0. The molecule has 1 saturated carbocycles. The first-order valence-electron chi connectivity index (χ1n) is 9.16. The Hall–Kier alpha value is -3.29. The maximum absolute atomic E-state index is 13.1. The number of nitrogens with zero attached hydrogens (tertiary/aromatic N) is 5. The predicted octanol–water partition coefficient (Wildman–Crippen LogP) is 4.19. The van der Waals surface area contributed by atoms with Gasteiger partial charge in [-0.05, 0) is 44.7 Å². The van der Waals surface area contributed by atoms with Gasteiger partial charge in [-0.15, -0.1) is 10.2 Å². The summed E-state index contributed by atoms with van der Waals surface area (Å²) in [5.41, 5.74) is -1.36. The summed E-state index contributed by atoms with van der Waals surface area (Å²) >= 11 is 5.79. The lowest BCUT2D eigenvalue weighted by molar-refractivity contribution is -0.384. The van der Waals surface area contributed by atoms with Crippen LogP contribution >= 0.6 is 11.6 Å². The zero-order valence-electron chi connectivity index (χ0n) is 15.9. The Labute approximate surface area is 175 Å². The van der Waals surface area contributed by atoms with Crippen LogP contribution in [0.3, 0.4) is 0 Å². The molecule has 1 fully saturated rings. The Balaban J connectivity index is 2.13. The molecule has 0 spiro atoms. The second-order valence-electron chi connectivity index (χ2n) is 7.01. The quantitative estimate of drug-likeness (QED) is 0.420. The van der Waals surface area contributed by atoms with E-state index >= 15 is 0 Å². The van der Waals surface area contributed by atoms with E-state index in [-0.39, 0.29) is 33.2 Å². The second kappa shape index (κ2) is 8.61. The predicted molar refractivity (Wildman–Crippen MR) is 108 cm³/mol. The minimum absolute atomic E-state index is 0.109. The third kappa shape index (κ3) is 4.03. The van der Waals surface area contributed by atoms with E-state index < -0.39 is 28.5 Å². The van der Waals surface area contributed by atoms with Crippen LogP contribution in [0.25, 0.3) is 0 Å². The summed E-state index contributed by atoms with van der Waals surface area (Å²) < 4.78 is 1.10. The van der Waals surface area contributed by atoms with Crippen molar-refractivity contribution in [2.24, 2.45) is 10.2 Å². The van der Waals surface area contributed by atoms with Crippen LogP contribution in [0.5, 0.6) is 5.88 Å². The number of benzene rings is 1. The first-order chi connectivity index (χ1) is 14.2. The number of nitriles is 1. The molecule has 0 radical (unpaired) electrons. The van der Waals surface area contributed by atoms with Gasteiger partial charge in [-0.25, -0.2) is 0 Å². The van der Waals surface area contributed by atoms with E-state index in [9.17, 15) is 30.4 Å². The van der Waals surface area contributed by atoms with Crippen molar-refractivity contribution in [1.82, 2.24) is 4.57 Å². The molecular formula is C19H18ClN5O5. The van der Waals surface area contributed by atoms with Crippen LogP contribution < -0.4 is 5.56 Å². The number of aromatic hydroxyl groups is 1. The van der Waals surface area contributed by atoms with Gasteiger partial charge in [-0.3, -0.25) is 19.5 Å². The monoisotopic (exact) mass is 431 g/mol. The van der Waals surface area contributed by atoms with Gasteiger partial charge >= 0.3 is 0 Å². The molecule has 2 N–H and O–H groups in total. The summed E-state index contributed by atoms with van der Waals surface area (Å²) in [6, 6.07) is 5.27. The highest BCUT2D eigenvalue weighted by Gasteiger charge is 2.28. The van der Waals surface area contributed by atoms with Gasteiger partial charge in [-0.1, -0.05) is 11.6 Å². The lowest BCUT2D eigenvalue weighted by Gasteiger charge is -2.28. The van der Waals surface area contributed by atoms with Crippen molar-refractivity contribution in [3.63, 3.8) is 0 Å². The van der Waals surface area contributed by atoms with Crippen molar-refractivity contribution in [2.45, 2.75) is 44.8 Å². The third-order valence-corrected chi connectivity index (χ3v) is 5.37. The summed E-state index contributed by atoms with van der Waals surface area (Å²) in [7, 11) is 0. The van der Waals surface area contributed by atoms with Crippen molar-refractivity contribution in [1.29, 1.82) is 5.26 Å². The van der Waals surface area contributed by atoms with Gasteiger partial charge in [0.15, 0.2) is 11.4 Å². The maximum Gasteiger partial charge on any atom is 0.298 e. The Morgan fingerprint density at radius 3 is 2.57 bits per heavy atom. The highest BCUT2D eigenvalue weighted by molar-refractivity contribution is 6.30. The number of rotatable bonds is 4. The van der Waals surface area contributed by atoms with Gasteiger partial charge in [0.1, 0.15) is 11.6 Å². The van der Waals surface area contributed by atoms with Gasteiger partial charge in [0.25, 0.3) is 11.2 Å². The molecule has 1 aromatic heterocycles. The number of azo groups is 1. The van der Waals surface area contributed by atoms with Crippen LogP contribution in [0, 0.1) is 28.4 Å². The molecular weight excluding hydrogens is 414 g/mol. The first kappa shape index (κ1) is 21.4. The summed E-state index contributed by atoms with van der Waals surface area (Å²) in [5.74, 6) is -0.460. The topological polar surface area (TPSA) is 154 Å². The SMILES string of the molecule is Cc1c(C#N)c(O)n(C2CCC(O)CC2)c(=O)c1N=Nc1ccc(Cl)cc1[N+](=O)[O-]. The molecule has 2 aromatic rings. The molecule has 1 aromatic carbocycles. The van der Waals surface area contributed by atoms with Crippen LogP contribution in [0.1, 0.15) is 42.9 Å². The van der Waals surface area contributed by atoms with Crippen LogP contribution in [0.4, 0.5) is 17.1 Å². The van der Waals surface area contributed by atoms with Crippen LogP contribution in [-0.2, 0) is 0 Å². The minimum atomic E-state index is -0.670. The van der Waals surface area contributed by atoms with E-state index in [1.807, 2.05) is 6.07 Å².